The number of carbonyl (C=O) groups is 1. The summed E-state index contributed by atoms with van der Waals surface area (Å²) < 4.78 is 5.91. The van der Waals surface area contributed by atoms with E-state index in [2.05, 4.69) is 53.2 Å². The molecule has 1 unspecified atom stereocenters. The molecule has 1 aliphatic heterocycles. The minimum absolute atomic E-state index is 0.0173. The predicted molar refractivity (Wildman–Crippen MR) is 127 cm³/mol. The molecule has 0 bridgehead atoms. The molecule has 3 aromatic rings. The van der Waals surface area contributed by atoms with Crippen LogP contribution in [0.15, 0.2) is 54.6 Å². The molecule has 1 saturated heterocycles. The van der Waals surface area contributed by atoms with Crippen LogP contribution in [0.2, 0.25) is 0 Å². The van der Waals surface area contributed by atoms with Crippen molar-refractivity contribution in [2.45, 2.75) is 33.8 Å². The van der Waals surface area contributed by atoms with Gasteiger partial charge in [0.2, 0.25) is 0 Å². The molecule has 0 saturated carbocycles. The molecule has 1 amide bonds. The molecule has 0 radical (unpaired) electrons. The summed E-state index contributed by atoms with van der Waals surface area (Å²) in [6, 6.07) is 18.2. The first-order valence-electron chi connectivity index (χ1n) is 11.1. The second-order valence-corrected chi connectivity index (χ2v) is 8.46. The number of hydrogen-bond donors (Lipinski definition) is 0. The van der Waals surface area contributed by atoms with Crippen LogP contribution in [0.5, 0.6) is 5.75 Å². The van der Waals surface area contributed by atoms with Gasteiger partial charge in [-0.1, -0.05) is 35.9 Å². The van der Waals surface area contributed by atoms with E-state index >= 15 is 0 Å². The number of piperazine rings is 1. The van der Waals surface area contributed by atoms with E-state index < -0.39 is 6.10 Å². The Morgan fingerprint density at radius 1 is 0.875 bits per heavy atom. The fraction of sp³-hybridized carbons (Fsp3) is 0.346. The van der Waals surface area contributed by atoms with Gasteiger partial charge in [0, 0.05) is 31.7 Å². The van der Waals surface area contributed by atoms with Gasteiger partial charge in [-0.25, -0.2) is 0 Å². The third-order valence-corrected chi connectivity index (χ3v) is 6.05. The van der Waals surface area contributed by atoms with Gasteiger partial charge in [0.1, 0.15) is 5.75 Å². The predicted octanol–water partition coefficient (Wildman–Crippen LogP) is 4.18. The number of carbonyl (C=O) groups excluding carboxylic acids is 1. The van der Waals surface area contributed by atoms with Crippen molar-refractivity contribution in [3.05, 3.63) is 71.3 Å². The lowest BCUT2D eigenvalue weighted by atomic mass is 10.1. The minimum atomic E-state index is -0.516. The first-order valence-corrected chi connectivity index (χ1v) is 11.1. The van der Waals surface area contributed by atoms with E-state index in [9.17, 15) is 4.79 Å². The number of anilines is 1. The Morgan fingerprint density at radius 2 is 1.59 bits per heavy atom. The van der Waals surface area contributed by atoms with E-state index in [4.69, 9.17) is 4.74 Å². The molecular formula is C26H30N4O2. The van der Waals surface area contributed by atoms with Crippen LogP contribution >= 0.6 is 0 Å². The molecule has 0 spiro atoms. The highest BCUT2D eigenvalue weighted by Gasteiger charge is 2.26. The highest BCUT2D eigenvalue weighted by atomic mass is 16.5. The lowest BCUT2D eigenvalue weighted by Crippen LogP contribution is -2.52. The van der Waals surface area contributed by atoms with Gasteiger partial charge in [-0.15, -0.1) is 10.2 Å². The van der Waals surface area contributed by atoms with E-state index in [1.54, 1.807) is 0 Å². The van der Waals surface area contributed by atoms with E-state index in [1.807, 2.05) is 49.1 Å². The number of nitrogens with zero attached hydrogens (tertiary/aromatic N) is 4. The Bertz CT molecular complexity index is 1070. The number of benzene rings is 2. The number of aromatic nitrogens is 2. The maximum absolute atomic E-state index is 12.9. The highest BCUT2D eigenvalue weighted by Crippen LogP contribution is 2.21. The van der Waals surface area contributed by atoms with Crippen LogP contribution in [0.25, 0.3) is 11.3 Å². The summed E-state index contributed by atoms with van der Waals surface area (Å²) in [5.74, 6) is 1.59. The Morgan fingerprint density at radius 3 is 2.22 bits per heavy atom. The van der Waals surface area contributed by atoms with Gasteiger partial charge in [0.25, 0.3) is 5.91 Å². The standard InChI is InChI=1S/C26H30N4O2/c1-18-5-8-22(9-6-18)24-11-12-25(28-27-24)29-13-15-30(16-14-29)26(31)21(4)32-23-10-7-19(2)20(3)17-23/h5-12,17,21H,13-16H2,1-4H3. The molecule has 166 valence electrons. The summed E-state index contributed by atoms with van der Waals surface area (Å²) in [6.07, 6.45) is -0.516. The van der Waals surface area contributed by atoms with Crippen LogP contribution in [0.4, 0.5) is 5.82 Å². The van der Waals surface area contributed by atoms with Crippen LogP contribution in [0, 0.1) is 20.8 Å². The first-order chi connectivity index (χ1) is 15.4. The molecule has 2 aromatic carbocycles. The van der Waals surface area contributed by atoms with Gasteiger partial charge >= 0.3 is 0 Å². The van der Waals surface area contributed by atoms with E-state index in [0.29, 0.717) is 13.1 Å². The zero-order valence-electron chi connectivity index (χ0n) is 19.2. The Hall–Kier alpha value is -3.41. The molecule has 0 aliphatic carbocycles. The van der Waals surface area contributed by atoms with Crippen molar-refractivity contribution in [1.82, 2.24) is 15.1 Å². The second kappa shape index (κ2) is 9.39. The maximum Gasteiger partial charge on any atom is 0.263 e. The molecule has 4 rings (SSSR count). The number of ether oxygens (including phenoxy) is 1. The third kappa shape index (κ3) is 4.90. The third-order valence-electron chi connectivity index (χ3n) is 6.05. The summed E-state index contributed by atoms with van der Waals surface area (Å²) in [7, 11) is 0. The average molecular weight is 431 g/mol. The van der Waals surface area contributed by atoms with Crippen molar-refractivity contribution in [3.63, 3.8) is 0 Å². The fourth-order valence-corrected chi connectivity index (χ4v) is 3.83. The molecule has 0 N–H and O–H groups in total. The van der Waals surface area contributed by atoms with Crippen LogP contribution in [0.1, 0.15) is 23.6 Å². The number of rotatable bonds is 5. The Balaban J connectivity index is 1.32. The van der Waals surface area contributed by atoms with Crippen LogP contribution in [-0.2, 0) is 4.79 Å². The molecule has 2 heterocycles. The van der Waals surface area contributed by atoms with Crippen molar-refractivity contribution in [2.24, 2.45) is 0 Å². The fourth-order valence-electron chi connectivity index (χ4n) is 3.83. The van der Waals surface area contributed by atoms with Crippen molar-refractivity contribution in [3.8, 4) is 17.0 Å². The Labute approximate surface area is 189 Å². The van der Waals surface area contributed by atoms with E-state index in [-0.39, 0.29) is 5.91 Å². The molecule has 32 heavy (non-hydrogen) atoms. The summed E-state index contributed by atoms with van der Waals surface area (Å²) in [4.78, 5) is 16.9. The molecular weight excluding hydrogens is 400 g/mol. The van der Waals surface area contributed by atoms with Gasteiger partial charge in [0.05, 0.1) is 5.69 Å². The van der Waals surface area contributed by atoms with Gasteiger partial charge in [-0.3, -0.25) is 4.79 Å². The van der Waals surface area contributed by atoms with Gasteiger partial charge in [-0.05, 0) is 63.1 Å². The first kappa shape index (κ1) is 21.8. The summed E-state index contributed by atoms with van der Waals surface area (Å²) in [5, 5.41) is 8.83. The largest absolute Gasteiger partial charge is 0.481 e. The summed E-state index contributed by atoms with van der Waals surface area (Å²) in [5.41, 5.74) is 5.51. The van der Waals surface area contributed by atoms with E-state index in [0.717, 1.165) is 41.5 Å². The number of hydrogen-bond acceptors (Lipinski definition) is 5. The zero-order chi connectivity index (χ0) is 22.7. The van der Waals surface area contributed by atoms with Crippen molar-refractivity contribution in [1.29, 1.82) is 0 Å². The van der Waals surface area contributed by atoms with Gasteiger partial charge < -0.3 is 14.5 Å². The molecule has 6 nitrogen and oxygen atoms in total. The van der Waals surface area contributed by atoms with Crippen LogP contribution < -0.4 is 9.64 Å². The SMILES string of the molecule is Cc1ccc(-c2ccc(N3CCN(C(=O)C(C)Oc4ccc(C)c(C)c4)CC3)nn2)cc1. The monoisotopic (exact) mass is 430 g/mol. The number of aryl methyl sites for hydroxylation is 3. The smallest absolute Gasteiger partial charge is 0.263 e. The zero-order valence-corrected chi connectivity index (χ0v) is 19.2. The molecule has 1 aliphatic rings. The summed E-state index contributed by atoms with van der Waals surface area (Å²) in [6.45, 7) is 10.7. The van der Waals surface area contributed by atoms with Gasteiger partial charge in [-0.2, -0.15) is 0 Å². The quantitative estimate of drug-likeness (QED) is 0.608. The van der Waals surface area contributed by atoms with Crippen molar-refractivity contribution < 1.29 is 9.53 Å². The van der Waals surface area contributed by atoms with Crippen molar-refractivity contribution in [2.75, 3.05) is 31.1 Å². The molecule has 1 fully saturated rings. The summed E-state index contributed by atoms with van der Waals surface area (Å²) >= 11 is 0. The highest BCUT2D eigenvalue weighted by molar-refractivity contribution is 5.81. The lowest BCUT2D eigenvalue weighted by molar-refractivity contribution is -0.138. The van der Waals surface area contributed by atoms with Gasteiger partial charge in [0.15, 0.2) is 11.9 Å². The average Bonchev–Trinajstić information content (AvgIpc) is 2.82. The molecule has 6 heteroatoms. The van der Waals surface area contributed by atoms with Crippen LogP contribution in [-0.4, -0.2) is 53.3 Å². The normalized spacial score (nSPS) is 14.9. The minimum Gasteiger partial charge on any atom is -0.481 e. The second-order valence-electron chi connectivity index (χ2n) is 8.46. The topological polar surface area (TPSA) is 58.6 Å². The lowest BCUT2D eigenvalue weighted by Gasteiger charge is -2.36. The van der Waals surface area contributed by atoms with Crippen LogP contribution in [0.3, 0.4) is 0 Å². The van der Waals surface area contributed by atoms with Crippen molar-refractivity contribution >= 4 is 11.7 Å². The number of amides is 1. The molecule has 1 aromatic heterocycles. The Kier molecular flexibility index (Phi) is 6.40. The maximum atomic E-state index is 12.9. The molecule has 1 atom stereocenters. The van der Waals surface area contributed by atoms with E-state index in [1.165, 1.54) is 11.1 Å².